The van der Waals surface area contributed by atoms with Crippen molar-refractivity contribution in [1.82, 2.24) is 25.1 Å². The normalized spacial score (nSPS) is 22.7. The number of nitrogens with one attached hydrogen (secondary N) is 1. The van der Waals surface area contributed by atoms with Gasteiger partial charge in [0, 0.05) is 37.0 Å². The van der Waals surface area contributed by atoms with Crippen LogP contribution in [0.4, 0.5) is 5.82 Å². The molecular formula is C20H25N7O2. The van der Waals surface area contributed by atoms with E-state index in [-0.39, 0.29) is 12.1 Å². The van der Waals surface area contributed by atoms with Crippen molar-refractivity contribution >= 4 is 16.7 Å². The molecule has 0 radical (unpaired) electrons. The van der Waals surface area contributed by atoms with Crippen LogP contribution in [-0.4, -0.2) is 63.6 Å². The summed E-state index contributed by atoms with van der Waals surface area (Å²) in [4.78, 5) is 16.0. The van der Waals surface area contributed by atoms with Crippen LogP contribution in [0.3, 0.4) is 0 Å². The average molecular weight is 395 g/mol. The van der Waals surface area contributed by atoms with Crippen molar-refractivity contribution < 1.29 is 9.47 Å². The summed E-state index contributed by atoms with van der Waals surface area (Å²) in [5, 5.41) is 7.70. The van der Waals surface area contributed by atoms with E-state index < -0.39 is 0 Å². The van der Waals surface area contributed by atoms with Gasteiger partial charge >= 0.3 is 0 Å². The largest absolute Gasteiger partial charge is 0.474 e. The highest BCUT2D eigenvalue weighted by Crippen LogP contribution is 2.32. The Morgan fingerprint density at radius 2 is 1.93 bits per heavy atom. The van der Waals surface area contributed by atoms with Gasteiger partial charge in [0.2, 0.25) is 5.88 Å². The van der Waals surface area contributed by atoms with Crippen LogP contribution in [0.15, 0.2) is 24.7 Å². The smallest absolute Gasteiger partial charge is 0.225 e. The number of fused-ring (bicyclic) bond motifs is 1. The molecule has 0 atom stereocenters. The van der Waals surface area contributed by atoms with Gasteiger partial charge in [0.05, 0.1) is 24.1 Å². The molecule has 9 heteroatoms. The molecule has 1 aliphatic heterocycles. The van der Waals surface area contributed by atoms with Gasteiger partial charge in [0.25, 0.3) is 0 Å². The SMILES string of the molecule is NC1CCC(Oc2nc(N3CCOCC3)cc3ncc(-c4ncn[nH]4)cc23)CC1. The van der Waals surface area contributed by atoms with Gasteiger partial charge in [-0.1, -0.05) is 0 Å². The molecule has 3 aromatic heterocycles. The summed E-state index contributed by atoms with van der Waals surface area (Å²) >= 11 is 0. The van der Waals surface area contributed by atoms with E-state index in [1.54, 1.807) is 6.20 Å². The van der Waals surface area contributed by atoms with Gasteiger partial charge in [-0.25, -0.2) is 4.98 Å². The molecule has 1 saturated carbocycles. The Morgan fingerprint density at radius 1 is 1.10 bits per heavy atom. The first kappa shape index (κ1) is 18.3. The third-order valence-electron chi connectivity index (χ3n) is 5.65. The number of nitrogens with zero attached hydrogens (tertiary/aromatic N) is 5. The van der Waals surface area contributed by atoms with E-state index in [0.717, 1.165) is 61.1 Å². The summed E-state index contributed by atoms with van der Waals surface area (Å²) in [5.41, 5.74) is 7.77. The summed E-state index contributed by atoms with van der Waals surface area (Å²) in [6.45, 7) is 3.03. The number of hydrogen-bond donors (Lipinski definition) is 2. The number of H-pyrrole nitrogens is 1. The van der Waals surface area contributed by atoms with Crippen LogP contribution in [0.5, 0.6) is 5.88 Å². The Kier molecular flexibility index (Phi) is 4.99. The van der Waals surface area contributed by atoms with Crippen molar-refractivity contribution in [2.24, 2.45) is 5.73 Å². The van der Waals surface area contributed by atoms with Crippen molar-refractivity contribution in [3.63, 3.8) is 0 Å². The molecule has 4 heterocycles. The van der Waals surface area contributed by atoms with Crippen molar-refractivity contribution in [1.29, 1.82) is 0 Å². The highest BCUT2D eigenvalue weighted by molar-refractivity contribution is 5.88. The lowest BCUT2D eigenvalue weighted by Gasteiger charge is -2.30. The Hall–Kier alpha value is -2.78. The van der Waals surface area contributed by atoms with Crippen LogP contribution >= 0.6 is 0 Å². The molecule has 0 aromatic carbocycles. The first-order chi connectivity index (χ1) is 14.3. The summed E-state index contributed by atoms with van der Waals surface area (Å²) in [5.74, 6) is 2.17. The van der Waals surface area contributed by atoms with Gasteiger partial charge < -0.3 is 20.1 Å². The summed E-state index contributed by atoms with van der Waals surface area (Å²) in [6, 6.07) is 4.32. The van der Waals surface area contributed by atoms with Crippen LogP contribution in [0.25, 0.3) is 22.3 Å². The number of morpholine rings is 1. The molecule has 3 aromatic rings. The maximum Gasteiger partial charge on any atom is 0.225 e. The van der Waals surface area contributed by atoms with Gasteiger partial charge in [0.1, 0.15) is 18.2 Å². The standard InChI is InChI=1S/C20H25N7O2/c21-14-1-3-15(4-2-14)29-20-16-9-13(19-23-12-24-26-19)11-22-17(16)10-18(25-20)27-5-7-28-8-6-27/h9-12,14-15H,1-8,21H2,(H,23,24,26). The quantitative estimate of drug-likeness (QED) is 0.688. The van der Waals surface area contributed by atoms with Crippen LogP contribution in [0.1, 0.15) is 25.7 Å². The van der Waals surface area contributed by atoms with Gasteiger partial charge in [-0.15, -0.1) is 0 Å². The topological polar surface area (TPSA) is 115 Å². The Balaban J connectivity index is 1.54. The van der Waals surface area contributed by atoms with E-state index in [9.17, 15) is 0 Å². The molecule has 152 valence electrons. The monoisotopic (exact) mass is 395 g/mol. The van der Waals surface area contributed by atoms with Crippen LogP contribution in [0, 0.1) is 0 Å². The van der Waals surface area contributed by atoms with Gasteiger partial charge in [0.15, 0.2) is 5.82 Å². The minimum Gasteiger partial charge on any atom is -0.474 e. The van der Waals surface area contributed by atoms with E-state index in [1.807, 2.05) is 12.1 Å². The molecule has 1 aliphatic carbocycles. The lowest BCUT2D eigenvalue weighted by molar-refractivity contribution is 0.122. The number of nitrogens with two attached hydrogens (primary N) is 1. The fraction of sp³-hybridized carbons (Fsp3) is 0.500. The molecule has 0 amide bonds. The van der Waals surface area contributed by atoms with E-state index in [1.165, 1.54) is 6.33 Å². The molecule has 0 spiro atoms. The lowest BCUT2D eigenvalue weighted by atomic mass is 9.94. The molecule has 2 aliphatic rings. The van der Waals surface area contributed by atoms with Crippen molar-refractivity contribution in [2.45, 2.75) is 37.8 Å². The van der Waals surface area contributed by atoms with Crippen molar-refractivity contribution in [3.8, 4) is 17.3 Å². The predicted octanol–water partition coefficient (Wildman–Crippen LogP) is 1.90. The third-order valence-corrected chi connectivity index (χ3v) is 5.65. The second-order valence-corrected chi connectivity index (χ2v) is 7.66. The minimum absolute atomic E-state index is 0.124. The van der Waals surface area contributed by atoms with Crippen LogP contribution in [0.2, 0.25) is 0 Å². The fourth-order valence-electron chi connectivity index (χ4n) is 3.96. The predicted molar refractivity (Wildman–Crippen MR) is 109 cm³/mol. The molecule has 3 N–H and O–H groups in total. The Morgan fingerprint density at radius 3 is 2.69 bits per heavy atom. The molecule has 5 rings (SSSR count). The summed E-state index contributed by atoms with van der Waals surface area (Å²) in [6.07, 6.45) is 7.26. The lowest BCUT2D eigenvalue weighted by Crippen LogP contribution is -2.37. The number of ether oxygens (including phenoxy) is 2. The minimum atomic E-state index is 0.124. The molecule has 0 unspecified atom stereocenters. The molecule has 9 nitrogen and oxygen atoms in total. The zero-order valence-electron chi connectivity index (χ0n) is 16.3. The number of aromatic amines is 1. The molecule has 29 heavy (non-hydrogen) atoms. The van der Waals surface area contributed by atoms with Crippen molar-refractivity contribution in [3.05, 3.63) is 24.7 Å². The number of aromatic nitrogens is 5. The summed E-state index contributed by atoms with van der Waals surface area (Å²) in [7, 11) is 0. The van der Waals surface area contributed by atoms with Gasteiger partial charge in [-0.3, -0.25) is 10.1 Å². The third kappa shape index (κ3) is 3.88. The number of anilines is 1. The number of rotatable bonds is 4. The number of pyridine rings is 2. The fourth-order valence-corrected chi connectivity index (χ4v) is 3.96. The van der Waals surface area contributed by atoms with E-state index in [2.05, 4.69) is 25.1 Å². The van der Waals surface area contributed by atoms with Gasteiger partial charge in [-0.2, -0.15) is 10.1 Å². The molecule has 0 bridgehead atoms. The first-order valence-corrected chi connectivity index (χ1v) is 10.2. The zero-order valence-corrected chi connectivity index (χ0v) is 16.3. The second kappa shape index (κ2) is 7.92. The number of hydrogen-bond acceptors (Lipinski definition) is 8. The zero-order chi connectivity index (χ0) is 19.6. The first-order valence-electron chi connectivity index (χ1n) is 10.2. The maximum absolute atomic E-state index is 6.41. The molecule has 2 fully saturated rings. The Labute approximate surface area is 168 Å². The van der Waals surface area contributed by atoms with Crippen molar-refractivity contribution in [2.75, 3.05) is 31.2 Å². The molecular weight excluding hydrogens is 370 g/mol. The molecule has 1 saturated heterocycles. The average Bonchev–Trinajstić information content (AvgIpc) is 3.30. The second-order valence-electron chi connectivity index (χ2n) is 7.66. The maximum atomic E-state index is 6.41. The van der Waals surface area contributed by atoms with Crippen LogP contribution < -0.4 is 15.4 Å². The van der Waals surface area contributed by atoms with E-state index in [4.69, 9.17) is 20.2 Å². The van der Waals surface area contributed by atoms with Crippen LogP contribution in [-0.2, 0) is 4.74 Å². The van der Waals surface area contributed by atoms with Gasteiger partial charge in [-0.05, 0) is 31.7 Å². The highest BCUT2D eigenvalue weighted by atomic mass is 16.5. The summed E-state index contributed by atoms with van der Waals surface area (Å²) < 4.78 is 11.9. The van der Waals surface area contributed by atoms with E-state index >= 15 is 0 Å². The van der Waals surface area contributed by atoms with E-state index in [0.29, 0.717) is 24.9 Å². The Bertz CT molecular complexity index is 964. The highest BCUT2D eigenvalue weighted by Gasteiger charge is 2.23.